The summed E-state index contributed by atoms with van der Waals surface area (Å²) in [6.45, 7) is 0. The molecule has 32 heavy (non-hydrogen) atoms. The lowest BCUT2D eigenvalue weighted by Gasteiger charge is -2.33. The summed E-state index contributed by atoms with van der Waals surface area (Å²) in [4.78, 5) is 29.0. The molecule has 1 unspecified atom stereocenters. The van der Waals surface area contributed by atoms with Gasteiger partial charge in [0, 0.05) is 40.5 Å². The molecule has 1 aliphatic heterocycles. The van der Waals surface area contributed by atoms with Gasteiger partial charge < -0.3 is 15.2 Å². The van der Waals surface area contributed by atoms with E-state index in [9.17, 15) is 27.0 Å². The number of aromatic amines is 1. The topological polar surface area (TPSA) is 106 Å². The van der Waals surface area contributed by atoms with Crippen LogP contribution in [0.2, 0.25) is 0 Å². The summed E-state index contributed by atoms with van der Waals surface area (Å²) >= 11 is 0. The van der Waals surface area contributed by atoms with Crippen LogP contribution in [0.3, 0.4) is 0 Å². The van der Waals surface area contributed by atoms with Gasteiger partial charge in [-0.15, -0.1) is 0 Å². The van der Waals surface area contributed by atoms with E-state index in [2.05, 4.69) is 10.3 Å². The number of anilines is 1. The molecule has 7 nitrogen and oxygen atoms in total. The third-order valence-corrected chi connectivity index (χ3v) is 6.59. The molecular formula is C21H15F3N4O3S. The molecule has 0 fully saturated rings. The average molecular weight is 460 g/mol. The van der Waals surface area contributed by atoms with Gasteiger partial charge in [-0.2, -0.15) is 5.26 Å². The number of carbonyl (C=O) groups is 1. The fourth-order valence-electron chi connectivity index (χ4n) is 3.71. The second-order valence-electron chi connectivity index (χ2n) is 7.27. The number of rotatable bonds is 2. The van der Waals surface area contributed by atoms with Crippen molar-refractivity contribution in [2.45, 2.75) is 11.8 Å². The summed E-state index contributed by atoms with van der Waals surface area (Å²) in [6, 6.07) is 5.33. The van der Waals surface area contributed by atoms with Crippen molar-refractivity contribution in [3.05, 3.63) is 75.0 Å². The van der Waals surface area contributed by atoms with E-state index in [4.69, 9.17) is 5.26 Å². The normalized spacial score (nSPS) is 17.5. The molecule has 0 saturated carbocycles. The first kappa shape index (κ1) is 21.6. The number of hydrogen-bond acceptors (Lipinski definition) is 4. The molecule has 2 amide bonds. The van der Waals surface area contributed by atoms with Crippen molar-refractivity contribution in [3.63, 3.8) is 0 Å². The van der Waals surface area contributed by atoms with Crippen LogP contribution in [0.1, 0.15) is 22.9 Å². The lowest BCUT2D eigenvalue weighted by Crippen LogP contribution is -2.40. The first-order valence-corrected chi connectivity index (χ1v) is 10.8. The van der Waals surface area contributed by atoms with Crippen molar-refractivity contribution in [2.24, 2.45) is 0 Å². The van der Waals surface area contributed by atoms with Crippen LogP contribution >= 0.6 is 0 Å². The van der Waals surface area contributed by atoms with Crippen molar-refractivity contribution in [1.29, 1.82) is 5.26 Å². The molecule has 3 aromatic rings. The van der Waals surface area contributed by atoms with Crippen LogP contribution in [0.5, 0.6) is 0 Å². The molecule has 2 aromatic carbocycles. The minimum atomic E-state index is -1.44. The molecule has 1 aromatic heterocycles. The summed E-state index contributed by atoms with van der Waals surface area (Å²) in [7, 11) is -0.0221. The maximum atomic E-state index is 14.0. The minimum Gasteiger partial charge on any atom is -0.324 e. The molecule has 0 aliphatic carbocycles. The molecule has 1 aliphatic rings. The number of halogens is 3. The lowest BCUT2D eigenvalue weighted by molar-refractivity contribution is 0.209. The van der Waals surface area contributed by atoms with E-state index in [-0.39, 0.29) is 39.2 Å². The third kappa shape index (κ3) is 3.73. The van der Waals surface area contributed by atoms with Crippen molar-refractivity contribution in [1.82, 2.24) is 9.88 Å². The van der Waals surface area contributed by atoms with Crippen molar-refractivity contribution >= 4 is 33.3 Å². The summed E-state index contributed by atoms with van der Waals surface area (Å²) in [6.07, 6.45) is 0. The van der Waals surface area contributed by atoms with Gasteiger partial charge in [0.15, 0.2) is 11.6 Å². The SMILES string of the molecule is CN(C(=O)Nc1ccc(F)c(C#N)c1)C1C[S@](=O)Cc2[nH]c(=O)c3cc(F)c(F)cc3c21. The Balaban J connectivity index is 1.76. The molecule has 2 N–H and O–H groups in total. The van der Waals surface area contributed by atoms with Gasteiger partial charge >= 0.3 is 6.03 Å². The van der Waals surface area contributed by atoms with Crippen LogP contribution in [0.25, 0.3) is 10.8 Å². The standard InChI is InChI=1S/C21H15F3N4O3S/c1-28(21(30)26-11-2-3-14(22)10(4-11)7-25)18-9-32(31)8-17-19(18)12-5-15(23)16(24)6-13(12)20(29)27-17/h2-6,18H,8-9H2,1H3,(H,26,30)(H,27,29)/t18?,32-/m1/s1. The van der Waals surface area contributed by atoms with Gasteiger partial charge in [0.2, 0.25) is 0 Å². The lowest BCUT2D eigenvalue weighted by atomic mass is 9.97. The second kappa shape index (κ2) is 8.12. The number of nitrogens with zero attached hydrogens (tertiary/aromatic N) is 2. The highest BCUT2D eigenvalue weighted by molar-refractivity contribution is 7.84. The largest absolute Gasteiger partial charge is 0.324 e. The monoisotopic (exact) mass is 460 g/mol. The van der Waals surface area contributed by atoms with Crippen molar-refractivity contribution < 1.29 is 22.2 Å². The summed E-state index contributed by atoms with van der Waals surface area (Å²) in [5.74, 6) is -3.08. The number of pyridine rings is 1. The number of hydrogen-bond donors (Lipinski definition) is 2. The highest BCUT2D eigenvalue weighted by Crippen LogP contribution is 2.35. The zero-order valence-electron chi connectivity index (χ0n) is 16.5. The van der Waals surface area contributed by atoms with Crippen LogP contribution in [0.15, 0.2) is 35.1 Å². The highest BCUT2D eigenvalue weighted by Gasteiger charge is 2.33. The number of amides is 2. The third-order valence-electron chi connectivity index (χ3n) is 5.29. The zero-order valence-corrected chi connectivity index (χ0v) is 17.4. The van der Waals surface area contributed by atoms with E-state index in [1.165, 1.54) is 24.1 Å². The van der Waals surface area contributed by atoms with Gasteiger partial charge in [-0.3, -0.25) is 9.00 Å². The first-order valence-electron chi connectivity index (χ1n) is 9.32. The summed E-state index contributed by atoms with van der Waals surface area (Å²) < 4.78 is 53.7. The number of nitriles is 1. The molecule has 11 heteroatoms. The number of H-pyrrole nitrogens is 1. The maximum absolute atomic E-state index is 14.0. The van der Waals surface area contributed by atoms with Crippen molar-refractivity contribution in [2.75, 3.05) is 18.1 Å². The van der Waals surface area contributed by atoms with E-state index >= 15 is 0 Å². The number of aromatic nitrogens is 1. The van der Waals surface area contributed by atoms with Crippen LogP contribution in [-0.4, -0.2) is 32.9 Å². The Labute approximate surface area is 181 Å². The van der Waals surface area contributed by atoms with Crippen LogP contribution in [0.4, 0.5) is 23.7 Å². The van der Waals surface area contributed by atoms with Gasteiger partial charge in [-0.1, -0.05) is 0 Å². The molecule has 2 atom stereocenters. The number of urea groups is 1. The van der Waals surface area contributed by atoms with E-state index in [1.807, 2.05) is 0 Å². The Morgan fingerprint density at radius 1 is 1.19 bits per heavy atom. The average Bonchev–Trinajstić information content (AvgIpc) is 2.75. The quantitative estimate of drug-likeness (QED) is 0.612. The van der Waals surface area contributed by atoms with Gasteiger partial charge in [-0.05, 0) is 35.7 Å². The Hall–Kier alpha value is -3.65. The summed E-state index contributed by atoms with van der Waals surface area (Å²) in [5.41, 5.74) is -0.103. The van der Waals surface area contributed by atoms with Gasteiger partial charge in [0.05, 0.1) is 22.7 Å². The Kier molecular flexibility index (Phi) is 5.48. The number of carbonyl (C=O) groups excluding carboxylic acids is 1. The predicted molar refractivity (Wildman–Crippen MR) is 112 cm³/mol. The summed E-state index contributed by atoms with van der Waals surface area (Å²) in [5, 5.41) is 11.5. The van der Waals surface area contributed by atoms with Gasteiger partial charge in [0.25, 0.3) is 5.56 Å². The van der Waals surface area contributed by atoms with Gasteiger partial charge in [-0.25, -0.2) is 18.0 Å². The Morgan fingerprint density at radius 3 is 2.56 bits per heavy atom. The smallest absolute Gasteiger partial charge is 0.322 e. The van der Waals surface area contributed by atoms with E-state index < -0.39 is 45.9 Å². The van der Waals surface area contributed by atoms with Crippen molar-refractivity contribution in [3.8, 4) is 6.07 Å². The molecule has 4 rings (SSSR count). The van der Waals surface area contributed by atoms with E-state index in [0.29, 0.717) is 5.56 Å². The molecule has 0 bridgehead atoms. The Bertz CT molecular complexity index is 1400. The van der Waals surface area contributed by atoms with Crippen LogP contribution < -0.4 is 10.9 Å². The van der Waals surface area contributed by atoms with Crippen LogP contribution in [0, 0.1) is 28.8 Å². The molecular weight excluding hydrogens is 445 g/mol. The molecule has 2 heterocycles. The number of fused-ring (bicyclic) bond motifs is 3. The Morgan fingerprint density at radius 2 is 1.88 bits per heavy atom. The van der Waals surface area contributed by atoms with E-state index in [1.54, 1.807) is 6.07 Å². The van der Waals surface area contributed by atoms with E-state index in [0.717, 1.165) is 18.2 Å². The zero-order chi connectivity index (χ0) is 23.2. The minimum absolute atomic E-state index is 0.00389. The number of benzene rings is 2. The molecule has 0 saturated heterocycles. The molecule has 164 valence electrons. The second-order valence-corrected chi connectivity index (χ2v) is 8.77. The van der Waals surface area contributed by atoms with Crippen LogP contribution in [-0.2, 0) is 16.6 Å². The fourth-order valence-corrected chi connectivity index (χ4v) is 5.12. The fraction of sp³-hybridized carbons (Fsp3) is 0.190. The maximum Gasteiger partial charge on any atom is 0.322 e. The predicted octanol–water partition coefficient (Wildman–Crippen LogP) is 3.28. The first-order chi connectivity index (χ1) is 15.2. The number of nitrogens with one attached hydrogen (secondary N) is 2. The molecule has 0 spiro atoms. The molecule has 0 radical (unpaired) electrons. The van der Waals surface area contributed by atoms with Gasteiger partial charge in [0.1, 0.15) is 11.9 Å². The highest BCUT2D eigenvalue weighted by atomic mass is 32.2.